The van der Waals surface area contributed by atoms with Crippen LogP contribution in [0.15, 0.2) is 35.5 Å². The zero-order valence-electron chi connectivity index (χ0n) is 11.8. The number of nitrogens with zero attached hydrogens (tertiary/aromatic N) is 2. The summed E-state index contributed by atoms with van der Waals surface area (Å²) < 4.78 is 5.49. The lowest BCUT2D eigenvalue weighted by Gasteiger charge is -2.21. The normalized spacial score (nSPS) is 18.6. The summed E-state index contributed by atoms with van der Waals surface area (Å²) in [5.41, 5.74) is 2.43. The highest BCUT2D eigenvalue weighted by Gasteiger charge is 2.17. The van der Waals surface area contributed by atoms with E-state index in [0.29, 0.717) is 0 Å². The SMILES string of the molecule is COc1cccc(C2C=NC=CCN2)c1CN(C)C. The van der Waals surface area contributed by atoms with Gasteiger partial charge in [0, 0.05) is 31.1 Å². The van der Waals surface area contributed by atoms with Crippen molar-refractivity contribution in [2.24, 2.45) is 4.99 Å². The van der Waals surface area contributed by atoms with Crippen LogP contribution in [0.2, 0.25) is 0 Å². The lowest BCUT2D eigenvalue weighted by atomic mass is 9.99. The molecule has 1 aliphatic heterocycles. The van der Waals surface area contributed by atoms with Crippen LogP contribution in [0.5, 0.6) is 5.75 Å². The van der Waals surface area contributed by atoms with E-state index in [1.807, 2.05) is 30.6 Å². The first-order valence-corrected chi connectivity index (χ1v) is 6.44. The Bertz CT molecular complexity index is 480. The summed E-state index contributed by atoms with van der Waals surface area (Å²) in [6.07, 6.45) is 5.79. The van der Waals surface area contributed by atoms with E-state index in [2.05, 4.69) is 35.4 Å². The minimum Gasteiger partial charge on any atom is -0.496 e. The predicted molar refractivity (Wildman–Crippen MR) is 78.8 cm³/mol. The highest BCUT2D eigenvalue weighted by Crippen LogP contribution is 2.27. The molecule has 1 aromatic rings. The molecule has 1 aliphatic rings. The van der Waals surface area contributed by atoms with Crippen molar-refractivity contribution in [2.45, 2.75) is 12.6 Å². The molecule has 4 nitrogen and oxygen atoms in total. The van der Waals surface area contributed by atoms with Crippen LogP contribution in [0.25, 0.3) is 0 Å². The molecular weight excluding hydrogens is 238 g/mol. The molecule has 0 bridgehead atoms. The van der Waals surface area contributed by atoms with Gasteiger partial charge in [0.15, 0.2) is 0 Å². The summed E-state index contributed by atoms with van der Waals surface area (Å²) in [5.74, 6) is 0.929. The molecule has 1 heterocycles. The first kappa shape index (κ1) is 13.8. The van der Waals surface area contributed by atoms with Crippen molar-refractivity contribution in [1.82, 2.24) is 10.2 Å². The zero-order chi connectivity index (χ0) is 13.7. The summed E-state index contributed by atoms with van der Waals surface area (Å²) in [4.78, 5) is 6.43. The molecule has 1 unspecified atom stereocenters. The maximum Gasteiger partial charge on any atom is 0.123 e. The van der Waals surface area contributed by atoms with Crippen molar-refractivity contribution in [3.63, 3.8) is 0 Å². The van der Waals surface area contributed by atoms with Crippen molar-refractivity contribution >= 4 is 6.21 Å². The van der Waals surface area contributed by atoms with Gasteiger partial charge in [0.1, 0.15) is 5.75 Å². The second-order valence-corrected chi connectivity index (χ2v) is 4.83. The summed E-state index contributed by atoms with van der Waals surface area (Å²) in [6.45, 7) is 1.67. The van der Waals surface area contributed by atoms with E-state index in [4.69, 9.17) is 4.74 Å². The van der Waals surface area contributed by atoms with Crippen LogP contribution in [0, 0.1) is 0 Å². The molecule has 0 spiro atoms. The molecular formula is C15H21N3O. The summed E-state index contributed by atoms with van der Waals surface area (Å²) in [7, 11) is 5.84. The van der Waals surface area contributed by atoms with Crippen molar-refractivity contribution in [1.29, 1.82) is 0 Å². The molecule has 1 N–H and O–H groups in total. The number of aliphatic imine (C=N–C) groups is 1. The largest absolute Gasteiger partial charge is 0.496 e. The van der Waals surface area contributed by atoms with E-state index in [9.17, 15) is 0 Å². The molecule has 4 heteroatoms. The Balaban J connectivity index is 2.37. The number of hydrogen-bond acceptors (Lipinski definition) is 4. The quantitative estimate of drug-likeness (QED) is 0.898. The molecule has 0 radical (unpaired) electrons. The molecule has 0 saturated carbocycles. The maximum absolute atomic E-state index is 5.49. The van der Waals surface area contributed by atoms with Crippen molar-refractivity contribution in [3.05, 3.63) is 41.6 Å². The summed E-state index contributed by atoms with van der Waals surface area (Å²) >= 11 is 0. The van der Waals surface area contributed by atoms with Crippen molar-refractivity contribution in [3.8, 4) is 5.75 Å². The summed E-state index contributed by atoms with van der Waals surface area (Å²) in [6, 6.07) is 6.30. The van der Waals surface area contributed by atoms with Crippen LogP contribution in [0.1, 0.15) is 17.2 Å². The van der Waals surface area contributed by atoms with E-state index < -0.39 is 0 Å². The van der Waals surface area contributed by atoms with E-state index in [1.54, 1.807) is 7.11 Å². The van der Waals surface area contributed by atoms with Crippen LogP contribution >= 0.6 is 0 Å². The van der Waals surface area contributed by atoms with Gasteiger partial charge in [-0.3, -0.25) is 4.99 Å². The van der Waals surface area contributed by atoms with Crippen LogP contribution in [0.4, 0.5) is 0 Å². The van der Waals surface area contributed by atoms with Crippen molar-refractivity contribution in [2.75, 3.05) is 27.7 Å². The van der Waals surface area contributed by atoms with Gasteiger partial charge in [0.25, 0.3) is 0 Å². The fraction of sp³-hybridized carbons (Fsp3) is 0.400. The Labute approximate surface area is 114 Å². The lowest BCUT2D eigenvalue weighted by Crippen LogP contribution is -2.24. The van der Waals surface area contributed by atoms with Crippen molar-refractivity contribution < 1.29 is 4.74 Å². The number of hydrogen-bond donors (Lipinski definition) is 1. The highest BCUT2D eigenvalue weighted by molar-refractivity contribution is 5.70. The van der Waals surface area contributed by atoms with Crippen LogP contribution < -0.4 is 10.1 Å². The van der Waals surface area contributed by atoms with E-state index in [0.717, 1.165) is 18.8 Å². The Hall–Kier alpha value is -1.65. The third kappa shape index (κ3) is 3.43. The molecule has 0 fully saturated rings. The lowest BCUT2D eigenvalue weighted by molar-refractivity contribution is 0.369. The molecule has 0 amide bonds. The number of nitrogens with one attached hydrogen (secondary N) is 1. The third-order valence-corrected chi connectivity index (χ3v) is 3.08. The van der Waals surface area contributed by atoms with Gasteiger partial charge >= 0.3 is 0 Å². The minimum atomic E-state index is 0.125. The predicted octanol–water partition coefficient (Wildman–Crippen LogP) is 1.99. The fourth-order valence-electron chi connectivity index (χ4n) is 2.24. The minimum absolute atomic E-state index is 0.125. The molecule has 1 atom stereocenters. The Morgan fingerprint density at radius 2 is 2.26 bits per heavy atom. The number of rotatable bonds is 4. The topological polar surface area (TPSA) is 36.9 Å². The second kappa shape index (κ2) is 6.50. The Morgan fingerprint density at radius 3 is 3.00 bits per heavy atom. The average Bonchev–Trinajstić information content (AvgIpc) is 2.67. The monoisotopic (exact) mass is 259 g/mol. The van der Waals surface area contributed by atoms with Gasteiger partial charge in [-0.05, 0) is 25.7 Å². The molecule has 0 aromatic heterocycles. The maximum atomic E-state index is 5.49. The van der Waals surface area contributed by atoms with Gasteiger partial charge in [0.05, 0.1) is 13.2 Å². The van der Waals surface area contributed by atoms with E-state index >= 15 is 0 Å². The van der Waals surface area contributed by atoms with Gasteiger partial charge in [-0.2, -0.15) is 0 Å². The molecule has 1 aromatic carbocycles. The Morgan fingerprint density at radius 1 is 1.42 bits per heavy atom. The number of ether oxygens (including phenoxy) is 1. The molecule has 0 aliphatic carbocycles. The average molecular weight is 259 g/mol. The van der Waals surface area contributed by atoms with Gasteiger partial charge in [0.2, 0.25) is 0 Å². The standard InChI is InChI=1S/C15H21N3O/c1-18(2)11-13-12(6-4-7-15(13)19-3)14-10-16-8-5-9-17-14/h4-8,10,14,17H,9,11H2,1-3H3. The first-order valence-electron chi connectivity index (χ1n) is 6.44. The van der Waals surface area contributed by atoms with Crippen LogP contribution in [-0.4, -0.2) is 38.9 Å². The zero-order valence-corrected chi connectivity index (χ0v) is 11.8. The second-order valence-electron chi connectivity index (χ2n) is 4.83. The molecule has 19 heavy (non-hydrogen) atoms. The van der Waals surface area contributed by atoms with Crippen LogP contribution in [-0.2, 0) is 6.54 Å². The van der Waals surface area contributed by atoms with Gasteiger partial charge in [-0.25, -0.2) is 0 Å². The molecule has 0 saturated heterocycles. The molecule has 2 rings (SSSR count). The summed E-state index contributed by atoms with van der Waals surface area (Å²) in [5, 5.41) is 3.45. The van der Waals surface area contributed by atoms with Gasteiger partial charge in [-0.15, -0.1) is 0 Å². The first-order chi connectivity index (χ1) is 9.22. The molecule has 102 valence electrons. The number of benzene rings is 1. The van der Waals surface area contributed by atoms with E-state index in [1.165, 1.54) is 11.1 Å². The van der Waals surface area contributed by atoms with Gasteiger partial charge in [-0.1, -0.05) is 18.2 Å². The highest BCUT2D eigenvalue weighted by atomic mass is 16.5. The smallest absolute Gasteiger partial charge is 0.123 e. The van der Waals surface area contributed by atoms with Crippen LogP contribution in [0.3, 0.4) is 0 Å². The fourth-order valence-corrected chi connectivity index (χ4v) is 2.24. The van der Waals surface area contributed by atoms with Gasteiger partial charge < -0.3 is 15.0 Å². The number of methoxy groups -OCH3 is 1. The third-order valence-electron chi connectivity index (χ3n) is 3.08. The van der Waals surface area contributed by atoms with E-state index in [-0.39, 0.29) is 6.04 Å². The Kier molecular flexibility index (Phi) is 4.71.